The van der Waals surface area contributed by atoms with Gasteiger partial charge in [0.25, 0.3) is 11.8 Å². The lowest BCUT2D eigenvalue weighted by atomic mass is 10.1. The van der Waals surface area contributed by atoms with Gasteiger partial charge >= 0.3 is 5.97 Å². The first-order chi connectivity index (χ1) is 16.5. The normalized spacial score (nSPS) is 15.1. The molecule has 8 heteroatoms. The van der Waals surface area contributed by atoms with Crippen LogP contribution in [-0.2, 0) is 9.59 Å². The number of nitrogens with zero attached hydrogens (tertiary/aromatic N) is 2. The number of amides is 2. The number of thiocarbonyl (C=S) groups is 1. The summed E-state index contributed by atoms with van der Waals surface area (Å²) in [7, 11) is 0. The fourth-order valence-corrected chi connectivity index (χ4v) is 4.81. The molecule has 1 aliphatic rings. The molecule has 3 aromatic rings. The second-order valence-electron chi connectivity index (χ2n) is 8.72. The topological polar surface area (TPSA) is 91.6 Å². The molecule has 2 amide bonds. The van der Waals surface area contributed by atoms with E-state index in [9.17, 15) is 19.5 Å². The Labute approximate surface area is 208 Å². The van der Waals surface area contributed by atoms with Crippen molar-refractivity contribution in [3.8, 4) is 5.69 Å². The number of aromatic carboxylic acids is 1. The number of hydrogen-bond donors (Lipinski definition) is 2. The summed E-state index contributed by atoms with van der Waals surface area (Å²) in [4.78, 5) is 39.2. The highest BCUT2D eigenvalue weighted by molar-refractivity contribution is 7.80. The van der Waals surface area contributed by atoms with Crippen molar-refractivity contribution in [2.45, 2.75) is 34.6 Å². The van der Waals surface area contributed by atoms with Crippen LogP contribution < -0.4 is 10.2 Å². The summed E-state index contributed by atoms with van der Waals surface area (Å²) in [5, 5.41) is 12.2. The molecule has 1 saturated heterocycles. The van der Waals surface area contributed by atoms with Crippen molar-refractivity contribution in [3.05, 3.63) is 87.2 Å². The molecular weight excluding hydrogens is 462 g/mol. The summed E-state index contributed by atoms with van der Waals surface area (Å²) in [6.07, 6.45) is 1.56. The summed E-state index contributed by atoms with van der Waals surface area (Å²) in [5.74, 6) is -2.06. The van der Waals surface area contributed by atoms with Crippen LogP contribution in [0.2, 0.25) is 0 Å². The number of nitrogens with one attached hydrogen (secondary N) is 1. The van der Waals surface area contributed by atoms with Crippen LogP contribution >= 0.6 is 12.2 Å². The van der Waals surface area contributed by atoms with E-state index in [0.717, 1.165) is 28.2 Å². The number of carbonyl (C=O) groups excluding carboxylic acids is 2. The van der Waals surface area contributed by atoms with E-state index >= 15 is 0 Å². The highest BCUT2D eigenvalue weighted by Gasteiger charge is 2.35. The van der Waals surface area contributed by atoms with Crippen LogP contribution in [0.5, 0.6) is 0 Å². The van der Waals surface area contributed by atoms with Crippen molar-refractivity contribution in [2.24, 2.45) is 0 Å². The first-order valence-electron chi connectivity index (χ1n) is 11.0. The molecule has 0 aliphatic carbocycles. The van der Waals surface area contributed by atoms with Gasteiger partial charge in [0, 0.05) is 17.1 Å². The molecule has 2 N–H and O–H groups in total. The Balaban J connectivity index is 1.80. The van der Waals surface area contributed by atoms with Crippen molar-refractivity contribution in [1.82, 2.24) is 9.88 Å². The average Bonchev–Trinajstić information content (AvgIpc) is 3.03. The highest BCUT2D eigenvalue weighted by atomic mass is 32.1. The Morgan fingerprint density at radius 3 is 2.29 bits per heavy atom. The third-order valence-electron chi connectivity index (χ3n) is 6.11. The molecule has 1 aromatic heterocycles. The quantitative estimate of drug-likeness (QED) is 0.320. The van der Waals surface area contributed by atoms with Gasteiger partial charge in [0.15, 0.2) is 5.11 Å². The van der Waals surface area contributed by atoms with Gasteiger partial charge in [-0.05, 0) is 105 Å². The minimum Gasteiger partial charge on any atom is -0.478 e. The van der Waals surface area contributed by atoms with Gasteiger partial charge in [0.1, 0.15) is 5.57 Å². The predicted octanol–water partition coefficient (Wildman–Crippen LogP) is 4.55. The van der Waals surface area contributed by atoms with Gasteiger partial charge in [-0.25, -0.2) is 4.79 Å². The number of hydrogen-bond acceptors (Lipinski definition) is 4. The van der Waals surface area contributed by atoms with Crippen LogP contribution in [0.1, 0.15) is 44.0 Å². The molecule has 0 bridgehead atoms. The van der Waals surface area contributed by atoms with E-state index in [1.54, 1.807) is 25.1 Å². The van der Waals surface area contributed by atoms with Crippen LogP contribution in [0.4, 0.5) is 5.69 Å². The number of carboxylic acids is 1. The number of benzene rings is 2. The highest BCUT2D eigenvalue weighted by Crippen LogP contribution is 2.29. The standard InChI is InChI=1S/C27H25N3O4S/c1-14-9-15(2)11-20(10-14)30-25(32)22(24(31)28-27(30)35)13-19-12-16(3)29(18(19)5)23-8-6-7-21(17(23)4)26(33)34/h6-13H,1-5H3,(H,33,34)(H,28,31,35)/b22-13+. The SMILES string of the molecule is Cc1cc(C)cc(N2C(=O)/C(=C/c3cc(C)n(-c4cccc(C(=O)O)c4C)c3C)C(=O)NC2=S)c1. The molecule has 178 valence electrons. The molecule has 0 unspecified atom stereocenters. The Kier molecular flexibility index (Phi) is 6.17. The molecule has 35 heavy (non-hydrogen) atoms. The Morgan fingerprint density at radius 1 is 1.00 bits per heavy atom. The van der Waals surface area contributed by atoms with Gasteiger partial charge in [-0.2, -0.15) is 0 Å². The fourth-order valence-electron chi connectivity index (χ4n) is 4.53. The van der Waals surface area contributed by atoms with Crippen molar-refractivity contribution >= 4 is 46.9 Å². The lowest BCUT2D eigenvalue weighted by Gasteiger charge is -2.29. The Morgan fingerprint density at radius 2 is 1.66 bits per heavy atom. The molecule has 0 spiro atoms. The van der Waals surface area contributed by atoms with Gasteiger partial charge in [-0.3, -0.25) is 19.8 Å². The van der Waals surface area contributed by atoms with E-state index in [1.807, 2.05) is 62.6 Å². The second-order valence-corrected chi connectivity index (χ2v) is 9.11. The van der Waals surface area contributed by atoms with Crippen LogP contribution in [0.15, 0.2) is 48.0 Å². The Bertz CT molecular complexity index is 1450. The van der Waals surface area contributed by atoms with Crippen LogP contribution in [0, 0.1) is 34.6 Å². The number of aromatic nitrogens is 1. The van der Waals surface area contributed by atoms with E-state index in [0.29, 0.717) is 16.8 Å². The molecule has 0 radical (unpaired) electrons. The maximum atomic E-state index is 13.5. The molecule has 1 aliphatic heterocycles. The van der Waals surface area contributed by atoms with Gasteiger partial charge < -0.3 is 9.67 Å². The van der Waals surface area contributed by atoms with Gasteiger partial charge in [-0.1, -0.05) is 12.1 Å². The third-order valence-corrected chi connectivity index (χ3v) is 6.40. The molecule has 4 rings (SSSR count). The molecule has 0 saturated carbocycles. The molecule has 1 fully saturated rings. The van der Waals surface area contributed by atoms with Crippen molar-refractivity contribution in [1.29, 1.82) is 0 Å². The largest absolute Gasteiger partial charge is 0.478 e. The van der Waals surface area contributed by atoms with Gasteiger partial charge in [0.05, 0.1) is 11.3 Å². The second kappa shape index (κ2) is 8.96. The first kappa shape index (κ1) is 24.1. The molecule has 2 aromatic carbocycles. The first-order valence-corrected chi connectivity index (χ1v) is 11.4. The zero-order valence-electron chi connectivity index (χ0n) is 20.1. The van der Waals surface area contributed by atoms with Crippen molar-refractivity contribution in [2.75, 3.05) is 4.90 Å². The average molecular weight is 488 g/mol. The minimum absolute atomic E-state index is 0.0333. The number of carboxylic acid groups (broad SMARTS) is 1. The maximum Gasteiger partial charge on any atom is 0.336 e. The van der Waals surface area contributed by atoms with E-state index in [-0.39, 0.29) is 16.2 Å². The van der Waals surface area contributed by atoms with Crippen molar-refractivity contribution < 1.29 is 19.5 Å². The summed E-state index contributed by atoms with van der Waals surface area (Å²) in [6, 6.07) is 12.7. The van der Waals surface area contributed by atoms with E-state index in [1.165, 1.54) is 4.90 Å². The molecule has 7 nitrogen and oxygen atoms in total. The molecular formula is C27H25N3O4S. The van der Waals surface area contributed by atoms with Gasteiger partial charge in [0.2, 0.25) is 0 Å². The van der Waals surface area contributed by atoms with Crippen molar-refractivity contribution in [3.63, 3.8) is 0 Å². The van der Waals surface area contributed by atoms with Crippen LogP contribution in [-0.4, -0.2) is 32.6 Å². The van der Waals surface area contributed by atoms with E-state index < -0.39 is 17.8 Å². The monoisotopic (exact) mass is 487 g/mol. The fraction of sp³-hybridized carbons (Fsp3) is 0.185. The minimum atomic E-state index is -0.999. The number of rotatable bonds is 4. The van der Waals surface area contributed by atoms with E-state index in [4.69, 9.17) is 12.2 Å². The summed E-state index contributed by atoms with van der Waals surface area (Å²) >= 11 is 5.32. The Hall–Kier alpha value is -4.04. The summed E-state index contributed by atoms with van der Waals surface area (Å²) < 4.78 is 1.92. The zero-order chi connectivity index (χ0) is 25.6. The summed E-state index contributed by atoms with van der Waals surface area (Å²) in [6.45, 7) is 9.38. The molecule has 0 atom stereocenters. The van der Waals surface area contributed by atoms with Crippen LogP contribution in [0.3, 0.4) is 0 Å². The number of carbonyl (C=O) groups is 3. The number of aryl methyl sites for hydroxylation is 3. The lowest BCUT2D eigenvalue weighted by molar-refractivity contribution is -0.122. The zero-order valence-corrected chi connectivity index (χ0v) is 20.9. The smallest absolute Gasteiger partial charge is 0.336 e. The maximum absolute atomic E-state index is 13.5. The third kappa shape index (κ3) is 4.28. The number of anilines is 1. The van der Waals surface area contributed by atoms with Crippen LogP contribution in [0.25, 0.3) is 11.8 Å². The molecule has 2 heterocycles. The lowest BCUT2D eigenvalue weighted by Crippen LogP contribution is -2.54. The summed E-state index contributed by atoms with van der Waals surface area (Å²) in [5.41, 5.74) is 6.35. The van der Waals surface area contributed by atoms with Gasteiger partial charge in [-0.15, -0.1) is 0 Å². The predicted molar refractivity (Wildman–Crippen MR) is 139 cm³/mol. The van der Waals surface area contributed by atoms with E-state index in [2.05, 4.69) is 5.32 Å².